The zero-order valence-electron chi connectivity index (χ0n) is 2.94. The topological polar surface area (TPSA) is 17.1 Å². The van der Waals surface area contributed by atoms with Crippen LogP contribution in [0.4, 0.5) is 0 Å². The SMILES string of the molecule is [Cd].[O]=[Zn].[S]=[Zn]. The molecule has 0 aromatic rings. The molecule has 5 heavy (non-hydrogen) atoms. The maximum absolute atomic E-state index is 8.38. The van der Waals surface area contributed by atoms with Crippen molar-refractivity contribution in [2.24, 2.45) is 0 Å². The molecule has 0 aromatic heterocycles. The van der Waals surface area contributed by atoms with E-state index >= 15 is 0 Å². The summed E-state index contributed by atoms with van der Waals surface area (Å²) in [4.78, 5) is 0. The summed E-state index contributed by atoms with van der Waals surface area (Å²) in [6.07, 6.45) is 0. The minimum atomic E-state index is 0. The Kier molecular flexibility index (Phi) is 109. The van der Waals surface area contributed by atoms with Gasteiger partial charge in [-0.15, -0.1) is 0 Å². The minimum absolute atomic E-state index is 0. The first-order valence-electron chi connectivity index (χ1n) is 0.577. The van der Waals surface area contributed by atoms with Crippen molar-refractivity contribution in [3.8, 4) is 0 Å². The average molecular weight is 291 g/mol. The van der Waals surface area contributed by atoms with Gasteiger partial charge in [0.15, 0.2) is 0 Å². The van der Waals surface area contributed by atoms with E-state index in [0.29, 0.717) is 0 Å². The Hall–Kier alpha value is 2.19. The van der Waals surface area contributed by atoms with E-state index in [2.05, 4.69) is 10.1 Å². The Morgan fingerprint density at radius 3 is 1.20 bits per heavy atom. The van der Waals surface area contributed by atoms with E-state index in [1.807, 2.05) is 0 Å². The molecule has 0 N–H and O–H groups in total. The molecule has 1 nitrogen and oxygen atoms in total. The zero-order chi connectivity index (χ0) is 4.00. The third kappa shape index (κ3) is 22.7. The zero-order valence-corrected chi connectivity index (χ0v) is 13.7. The normalized spacial score (nSPS) is 2.40. The monoisotopic (exact) mass is 290 g/mol. The van der Waals surface area contributed by atoms with Crippen LogP contribution in [-0.2, 0) is 65.7 Å². The molecule has 0 rings (SSSR count). The average Bonchev–Trinajstić information content (AvgIpc) is 1.50. The first-order chi connectivity index (χ1) is 2.00. The first-order valence-corrected chi connectivity index (χ1v) is 6.00. The quantitative estimate of drug-likeness (QED) is 0.605. The van der Waals surface area contributed by atoms with E-state index in [-0.39, 0.29) is 45.6 Å². The number of hydrogen-bond donors (Lipinski definition) is 0. The number of rotatable bonds is 0. The van der Waals surface area contributed by atoms with Crippen LogP contribution in [0.5, 0.6) is 0 Å². The van der Waals surface area contributed by atoms with Crippen molar-refractivity contribution in [2.75, 3.05) is 0 Å². The summed E-state index contributed by atoms with van der Waals surface area (Å²) in [7, 11) is 4.21. The van der Waals surface area contributed by atoms with Gasteiger partial charge >= 0.3 is 48.5 Å². The van der Waals surface area contributed by atoms with Crippen molar-refractivity contribution >= 4 is 10.1 Å². The maximum atomic E-state index is 8.38. The molecule has 0 bridgehead atoms. The molecule has 0 atom stereocenters. The van der Waals surface area contributed by atoms with Crippen LogP contribution in [0.25, 0.3) is 0 Å². The van der Waals surface area contributed by atoms with E-state index in [1.54, 1.807) is 0 Å². The van der Waals surface area contributed by atoms with Crippen LogP contribution in [0.1, 0.15) is 0 Å². The molecule has 0 aliphatic heterocycles. The summed E-state index contributed by atoms with van der Waals surface area (Å²) in [6, 6.07) is 0. The Morgan fingerprint density at radius 1 is 1.20 bits per heavy atom. The second kappa shape index (κ2) is 34.8. The third-order valence-electron chi connectivity index (χ3n) is 0. The Morgan fingerprint density at radius 2 is 1.20 bits per heavy atom. The van der Waals surface area contributed by atoms with Gasteiger partial charge in [-0.25, -0.2) is 0 Å². The van der Waals surface area contributed by atoms with Crippen LogP contribution < -0.4 is 0 Å². The molecular weight excluding hydrogens is 291 g/mol. The van der Waals surface area contributed by atoms with Gasteiger partial charge in [-0.2, -0.15) is 0 Å². The molecule has 0 unspecified atom stereocenters. The molecule has 0 radical (unpaired) electrons. The second-order valence-corrected chi connectivity index (χ2v) is 0. The van der Waals surface area contributed by atoms with Gasteiger partial charge in [0.2, 0.25) is 0 Å². The van der Waals surface area contributed by atoms with E-state index in [4.69, 9.17) is 3.57 Å². The molecule has 0 amide bonds. The fourth-order valence-electron chi connectivity index (χ4n) is 0. The summed E-state index contributed by atoms with van der Waals surface area (Å²) in [5.41, 5.74) is 0. The van der Waals surface area contributed by atoms with E-state index in [9.17, 15) is 0 Å². The summed E-state index contributed by atoms with van der Waals surface area (Å²) in [6.45, 7) is 0. The van der Waals surface area contributed by atoms with Crippen molar-refractivity contribution in [1.29, 1.82) is 0 Å². The van der Waals surface area contributed by atoms with Crippen molar-refractivity contribution in [2.45, 2.75) is 0 Å². The molecular formula is CdOSZn2. The van der Waals surface area contributed by atoms with Gasteiger partial charge in [-0.3, -0.25) is 0 Å². The Bertz CT molecular complexity index is 11.6. The van der Waals surface area contributed by atoms with E-state index < -0.39 is 0 Å². The molecule has 0 heterocycles. The first kappa shape index (κ1) is 15.7. The molecule has 0 fully saturated rings. The number of hydrogen-bond acceptors (Lipinski definition) is 2. The van der Waals surface area contributed by atoms with Gasteiger partial charge in [0.1, 0.15) is 0 Å². The molecule has 0 aromatic carbocycles. The van der Waals surface area contributed by atoms with E-state index in [0.717, 1.165) is 16.6 Å². The molecule has 5 heteroatoms. The van der Waals surface area contributed by atoms with Gasteiger partial charge in [0, 0.05) is 27.3 Å². The molecule has 0 spiro atoms. The van der Waals surface area contributed by atoms with E-state index in [1.165, 1.54) is 0 Å². The van der Waals surface area contributed by atoms with Gasteiger partial charge in [0.25, 0.3) is 0 Å². The Labute approximate surface area is 74.7 Å². The molecule has 0 aliphatic carbocycles. The summed E-state index contributed by atoms with van der Waals surface area (Å²) < 4.78 is 8.38. The Balaban J connectivity index is -0.0000000133. The predicted octanol–water partition coefficient (Wildman–Crippen LogP) is 0.522. The summed E-state index contributed by atoms with van der Waals surface area (Å²) in [5, 5.41) is 0. The second-order valence-electron chi connectivity index (χ2n) is 0. The van der Waals surface area contributed by atoms with Crippen molar-refractivity contribution in [1.82, 2.24) is 0 Å². The molecule has 0 saturated carbocycles. The fourth-order valence-corrected chi connectivity index (χ4v) is 0. The third-order valence-corrected chi connectivity index (χ3v) is 0. The standard InChI is InChI=1S/Cd.O.S.2Zn. The van der Waals surface area contributed by atoms with Gasteiger partial charge in [-0.1, -0.05) is 0 Å². The molecule has 0 saturated heterocycles. The predicted molar refractivity (Wildman–Crippen MR) is 8.28 cm³/mol. The molecule has 18 valence electrons. The van der Waals surface area contributed by atoms with Crippen molar-refractivity contribution < 1.29 is 65.7 Å². The van der Waals surface area contributed by atoms with Crippen LogP contribution in [0.2, 0.25) is 0 Å². The fraction of sp³-hybridized carbons (Fsp3) is 0. The van der Waals surface area contributed by atoms with Crippen LogP contribution >= 0.6 is 10.1 Å². The van der Waals surface area contributed by atoms with Crippen LogP contribution in [0.15, 0.2) is 0 Å². The summed E-state index contributed by atoms with van der Waals surface area (Å²) in [5.74, 6) is 0. The van der Waals surface area contributed by atoms with Crippen molar-refractivity contribution in [3.05, 3.63) is 0 Å². The van der Waals surface area contributed by atoms with Gasteiger partial charge in [-0.05, 0) is 0 Å². The van der Waals surface area contributed by atoms with Crippen LogP contribution in [-0.4, -0.2) is 0 Å². The van der Waals surface area contributed by atoms with Crippen LogP contribution in [0, 0.1) is 0 Å². The van der Waals surface area contributed by atoms with Gasteiger partial charge < -0.3 is 0 Å². The summed E-state index contributed by atoms with van der Waals surface area (Å²) >= 11 is 1.08. The molecule has 0 aliphatic rings. The van der Waals surface area contributed by atoms with Crippen LogP contribution in [0.3, 0.4) is 0 Å². The van der Waals surface area contributed by atoms with Gasteiger partial charge in [0.05, 0.1) is 0 Å². The van der Waals surface area contributed by atoms with Crippen molar-refractivity contribution in [3.63, 3.8) is 0 Å².